The second kappa shape index (κ2) is 7.43. The number of carbonyl (C=O) groups excluding carboxylic acids is 1. The van der Waals surface area contributed by atoms with Gasteiger partial charge in [-0.3, -0.25) is 4.79 Å². The Morgan fingerprint density at radius 1 is 1.52 bits per heavy atom. The smallest absolute Gasteiger partial charge is 0.225 e. The number of nitrogens with one attached hydrogen (secondary N) is 1. The minimum Gasteiger partial charge on any atom is -0.399 e. The third-order valence-electron chi connectivity index (χ3n) is 3.95. The van der Waals surface area contributed by atoms with Crippen LogP contribution < -0.4 is 11.1 Å². The molecule has 3 N–H and O–H groups in total. The van der Waals surface area contributed by atoms with Crippen molar-refractivity contribution in [2.45, 2.75) is 19.8 Å². The third-order valence-corrected chi connectivity index (χ3v) is 3.95. The molecule has 116 valence electrons. The van der Waals surface area contributed by atoms with E-state index in [9.17, 15) is 4.79 Å². The number of anilines is 2. The number of methoxy groups -OCH3 is 1. The van der Waals surface area contributed by atoms with E-state index in [4.69, 9.17) is 10.5 Å². The number of aryl methyl sites for hydroxylation is 1. The maximum atomic E-state index is 12.0. The molecule has 1 fully saturated rings. The Morgan fingerprint density at radius 2 is 2.33 bits per heavy atom. The van der Waals surface area contributed by atoms with Gasteiger partial charge in [-0.05, 0) is 49.6 Å². The molecule has 21 heavy (non-hydrogen) atoms. The van der Waals surface area contributed by atoms with Crippen molar-refractivity contribution < 1.29 is 9.53 Å². The van der Waals surface area contributed by atoms with E-state index in [1.54, 1.807) is 13.2 Å². The second-order valence-electron chi connectivity index (χ2n) is 5.78. The van der Waals surface area contributed by atoms with Gasteiger partial charge in [-0.2, -0.15) is 0 Å². The van der Waals surface area contributed by atoms with Gasteiger partial charge in [0.25, 0.3) is 0 Å². The quantitative estimate of drug-likeness (QED) is 0.785. The van der Waals surface area contributed by atoms with Crippen LogP contribution in [0.3, 0.4) is 0 Å². The fraction of sp³-hybridized carbons (Fsp3) is 0.562. The summed E-state index contributed by atoms with van der Waals surface area (Å²) < 4.78 is 5.19. The van der Waals surface area contributed by atoms with E-state index in [-0.39, 0.29) is 5.91 Å². The SMILES string of the molecule is COCC1CCN(CCC(=O)Nc2ccc(N)cc2C)C1. The Bertz CT molecular complexity index is 490. The van der Waals surface area contributed by atoms with Crippen LogP contribution in [0, 0.1) is 12.8 Å². The molecular formula is C16H25N3O2. The number of nitrogens with two attached hydrogens (primary N) is 1. The van der Waals surface area contributed by atoms with Gasteiger partial charge in [-0.15, -0.1) is 0 Å². The zero-order valence-corrected chi connectivity index (χ0v) is 12.9. The maximum absolute atomic E-state index is 12.0. The third kappa shape index (κ3) is 4.72. The molecule has 1 saturated heterocycles. The van der Waals surface area contributed by atoms with Crippen molar-refractivity contribution >= 4 is 17.3 Å². The van der Waals surface area contributed by atoms with Crippen LogP contribution in [0.1, 0.15) is 18.4 Å². The first-order chi connectivity index (χ1) is 10.1. The van der Waals surface area contributed by atoms with Crippen LogP contribution in [0.25, 0.3) is 0 Å². The summed E-state index contributed by atoms with van der Waals surface area (Å²) in [6.07, 6.45) is 1.68. The molecule has 1 atom stereocenters. The second-order valence-corrected chi connectivity index (χ2v) is 5.78. The highest BCUT2D eigenvalue weighted by Crippen LogP contribution is 2.19. The number of benzene rings is 1. The van der Waals surface area contributed by atoms with Crippen LogP contribution >= 0.6 is 0 Å². The van der Waals surface area contributed by atoms with Crippen molar-refractivity contribution in [3.63, 3.8) is 0 Å². The predicted molar refractivity (Wildman–Crippen MR) is 85.3 cm³/mol. The lowest BCUT2D eigenvalue weighted by Crippen LogP contribution is -2.26. The number of amides is 1. The van der Waals surface area contributed by atoms with Crippen LogP contribution in [0.15, 0.2) is 18.2 Å². The number of hydrogen-bond acceptors (Lipinski definition) is 4. The number of rotatable bonds is 6. The van der Waals surface area contributed by atoms with E-state index in [1.807, 2.05) is 19.1 Å². The molecular weight excluding hydrogens is 266 g/mol. The van der Waals surface area contributed by atoms with Gasteiger partial charge in [0.15, 0.2) is 0 Å². The van der Waals surface area contributed by atoms with Crippen LogP contribution in [0.4, 0.5) is 11.4 Å². The first-order valence-electron chi connectivity index (χ1n) is 7.45. The molecule has 0 bridgehead atoms. The van der Waals surface area contributed by atoms with Gasteiger partial charge in [-0.25, -0.2) is 0 Å². The van der Waals surface area contributed by atoms with Gasteiger partial charge in [0.1, 0.15) is 0 Å². The molecule has 1 aliphatic rings. The standard InChI is InChI=1S/C16H25N3O2/c1-12-9-14(17)3-4-15(12)18-16(20)6-8-19-7-5-13(10-19)11-21-2/h3-4,9,13H,5-8,10-11,17H2,1-2H3,(H,18,20). The summed E-state index contributed by atoms with van der Waals surface area (Å²) in [6.45, 7) is 5.65. The van der Waals surface area contributed by atoms with E-state index in [0.29, 0.717) is 18.0 Å². The van der Waals surface area contributed by atoms with Gasteiger partial charge in [0.2, 0.25) is 5.91 Å². The summed E-state index contributed by atoms with van der Waals surface area (Å²) in [7, 11) is 1.74. The Labute approximate surface area is 126 Å². The number of hydrogen-bond donors (Lipinski definition) is 2. The highest BCUT2D eigenvalue weighted by Gasteiger charge is 2.22. The highest BCUT2D eigenvalue weighted by molar-refractivity contribution is 5.91. The van der Waals surface area contributed by atoms with Gasteiger partial charge < -0.3 is 20.7 Å². The fourth-order valence-electron chi connectivity index (χ4n) is 2.79. The zero-order valence-electron chi connectivity index (χ0n) is 12.9. The van der Waals surface area contributed by atoms with Crippen LogP contribution in [0.5, 0.6) is 0 Å². The van der Waals surface area contributed by atoms with E-state index in [0.717, 1.165) is 43.9 Å². The Hall–Kier alpha value is -1.59. The molecule has 1 aromatic rings. The molecule has 1 aromatic carbocycles. The van der Waals surface area contributed by atoms with Crippen LogP contribution in [-0.4, -0.2) is 44.2 Å². The molecule has 5 heteroatoms. The van der Waals surface area contributed by atoms with E-state index >= 15 is 0 Å². The lowest BCUT2D eigenvalue weighted by atomic mass is 10.1. The monoisotopic (exact) mass is 291 g/mol. The van der Waals surface area contributed by atoms with Crippen molar-refractivity contribution in [2.75, 3.05) is 44.4 Å². The van der Waals surface area contributed by atoms with Gasteiger partial charge >= 0.3 is 0 Å². The number of carbonyl (C=O) groups is 1. The molecule has 0 aromatic heterocycles. The largest absolute Gasteiger partial charge is 0.399 e. The first kappa shape index (κ1) is 15.8. The Morgan fingerprint density at radius 3 is 3.05 bits per heavy atom. The molecule has 1 amide bonds. The highest BCUT2D eigenvalue weighted by atomic mass is 16.5. The van der Waals surface area contributed by atoms with Crippen molar-refractivity contribution in [1.82, 2.24) is 4.90 Å². The average Bonchev–Trinajstić information content (AvgIpc) is 2.88. The van der Waals surface area contributed by atoms with E-state index < -0.39 is 0 Å². The molecule has 5 nitrogen and oxygen atoms in total. The van der Waals surface area contributed by atoms with Gasteiger partial charge in [-0.1, -0.05) is 0 Å². The van der Waals surface area contributed by atoms with Crippen molar-refractivity contribution in [3.05, 3.63) is 23.8 Å². The van der Waals surface area contributed by atoms with Crippen molar-refractivity contribution in [1.29, 1.82) is 0 Å². The molecule has 1 aliphatic heterocycles. The van der Waals surface area contributed by atoms with Crippen LogP contribution in [0.2, 0.25) is 0 Å². The summed E-state index contributed by atoms with van der Waals surface area (Å²) in [6, 6.07) is 5.52. The van der Waals surface area contributed by atoms with E-state index in [2.05, 4.69) is 10.2 Å². The van der Waals surface area contributed by atoms with Crippen molar-refractivity contribution in [2.24, 2.45) is 5.92 Å². The van der Waals surface area contributed by atoms with E-state index in [1.165, 1.54) is 0 Å². The Kier molecular flexibility index (Phi) is 5.59. The Balaban J connectivity index is 1.75. The average molecular weight is 291 g/mol. The molecule has 1 heterocycles. The molecule has 0 saturated carbocycles. The molecule has 2 rings (SSSR count). The fourth-order valence-corrected chi connectivity index (χ4v) is 2.79. The summed E-state index contributed by atoms with van der Waals surface area (Å²) >= 11 is 0. The molecule has 0 spiro atoms. The molecule has 0 aliphatic carbocycles. The first-order valence-corrected chi connectivity index (χ1v) is 7.45. The zero-order chi connectivity index (χ0) is 15.2. The number of ether oxygens (including phenoxy) is 1. The van der Waals surface area contributed by atoms with Crippen molar-refractivity contribution in [3.8, 4) is 0 Å². The van der Waals surface area contributed by atoms with Gasteiger partial charge in [0, 0.05) is 38.0 Å². The number of nitrogens with zero attached hydrogens (tertiary/aromatic N) is 1. The minimum atomic E-state index is 0.0538. The normalized spacial score (nSPS) is 18.9. The maximum Gasteiger partial charge on any atom is 0.225 e. The van der Waals surface area contributed by atoms with Crippen LogP contribution in [-0.2, 0) is 9.53 Å². The number of likely N-dealkylation sites (tertiary alicyclic amines) is 1. The summed E-state index contributed by atoms with van der Waals surface area (Å²) in [5.41, 5.74) is 8.25. The molecule has 0 radical (unpaired) electrons. The van der Waals surface area contributed by atoms with Gasteiger partial charge in [0.05, 0.1) is 6.61 Å². The number of nitrogen functional groups attached to an aromatic ring is 1. The summed E-state index contributed by atoms with van der Waals surface area (Å²) in [4.78, 5) is 14.4. The topological polar surface area (TPSA) is 67.6 Å². The summed E-state index contributed by atoms with van der Waals surface area (Å²) in [5.74, 6) is 0.662. The minimum absolute atomic E-state index is 0.0538. The lowest BCUT2D eigenvalue weighted by molar-refractivity contribution is -0.116. The molecule has 1 unspecified atom stereocenters. The predicted octanol–water partition coefficient (Wildman–Crippen LogP) is 1.87. The summed E-state index contributed by atoms with van der Waals surface area (Å²) in [5, 5.41) is 2.95. The lowest BCUT2D eigenvalue weighted by Gasteiger charge is -2.16.